The zero-order valence-electron chi connectivity index (χ0n) is 16.3. The van der Waals surface area contributed by atoms with Crippen LogP contribution in [0.25, 0.3) is 11.1 Å². The van der Waals surface area contributed by atoms with Crippen LogP contribution in [-0.4, -0.2) is 46.4 Å². The van der Waals surface area contributed by atoms with E-state index in [1.54, 1.807) is 0 Å². The highest BCUT2D eigenvalue weighted by Crippen LogP contribution is 2.28. The van der Waals surface area contributed by atoms with Crippen molar-refractivity contribution in [1.82, 2.24) is 14.7 Å². The lowest BCUT2D eigenvalue weighted by Crippen LogP contribution is -2.48. The molecule has 140 valence electrons. The molecule has 1 saturated heterocycles. The van der Waals surface area contributed by atoms with E-state index in [0.29, 0.717) is 19.8 Å². The Labute approximate surface area is 156 Å². The molecule has 0 unspecified atom stereocenters. The molecular formula is C21H29N3O2. The van der Waals surface area contributed by atoms with Gasteiger partial charge in [-0.2, -0.15) is 5.10 Å². The van der Waals surface area contributed by atoms with E-state index >= 15 is 0 Å². The van der Waals surface area contributed by atoms with Crippen molar-refractivity contribution in [3.63, 3.8) is 0 Å². The summed E-state index contributed by atoms with van der Waals surface area (Å²) in [5.74, 6) is 0.104. The predicted octanol–water partition coefficient (Wildman–Crippen LogP) is 3.83. The van der Waals surface area contributed by atoms with Crippen LogP contribution in [-0.2, 0) is 11.3 Å². The minimum atomic E-state index is 0.104. The standard InChI is InChI=1S/C21H29N3O2/c1-5-8-19-14-26-12-11-23(19)21(25)18-10-7-9-17(13-18)20-15(3)22-24(6-2)16(20)4/h7,9-10,13,19H,5-6,8,11-12,14H2,1-4H3/t19-/m0/s1. The second-order valence-corrected chi connectivity index (χ2v) is 6.96. The van der Waals surface area contributed by atoms with Crippen LogP contribution in [0, 0.1) is 13.8 Å². The van der Waals surface area contributed by atoms with Crippen LogP contribution in [0.15, 0.2) is 24.3 Å². The van der Waals surface area contributed by atoms with Gasteiger partial charge < -0.3 is 9.64 Å². The number of hydrogen-bond donors (Lipinski definition) is 0. The highest BCUT2D eigenvalue weighted by Gasteiger charge is 2.27. The second kappa shape index (κ2) is 8.04. The molecule has 1 aromatic heterocycles. The zero-order valence-corrected chi connectivity index (χ0v) is 16.3. The van der Waals surface area contributed by atoms with Gasteiger partial charge in [-0.3, -0.25) is 9.48 Å². The fourth-order valence-corrected chi connectivity index (χ4v) is 3.89. The van der Waals surface area contributed by atoms with E-state index in [1.165, 1.54) is 0 Å². The molecule has 0 N–H and O–H groups in total. The zero-order chi connectivity index (χ0) is 18.7. The third-order valence-corrected chi connectivity index (χ3v) is 5.19. The molecule has 0 spiro atoms. The lowest BCUT2D eigenvalue weighted by atomic mass is 10.00. The summed E-state index contributed by atoms with van der Waals surface area (Å²) in [6.07, 6.45) is 2.03. The van der Waals surface area contributed by atoms with E-state index in [2.05, 4.69) is 31.9 Å². The van der Waals surface area contributed by atoms with Gasteiger partial charge in [-0.25, -0.2) is 0 Å². The first kappa shape index (κ1) is 18.6. The van der Waals surface area contributed by atoms with Crippen LogP contribution >= 0.6 is 0 Å². The largest absolute Gasteiger partial charge is 0.377 e. The van der Waals surface area contributed by atoms with Crippen molar-refractivity contribution in [2.75, 3.05) is 19.8 Å². The van der Waals surface area contributed by atoms with Gasteiger partial charge in [-0.1, -0.05) is 25.5 Å². The van der Waals surface area contributed by atoms with E-state index < -0.39 is 0 Å². The van der Waals surface area contributed by atoms with Crippen molar-refractivity contribution < 1.29 is 9.53 Å². The maximum absolute atomic E-state index is 13.1. The molecule has 3 rings (SSSR count). The lowest BCUT2D eigenvalue weighted by molar-refractivity contribution is -0.00433. The summed E-state index contributed by atoms with van der Waals surface area (Å²) in [6.45, 7) is 11.1. The molecule has 0 radical (unpaired) electrons. The molecule has 26 heavy (non-hydrogen) atoms. The molecule has 1 aromatic carbocycles. The Morgan fingerprint density at radius 1 is 1.31 bits per heavy atom. The molecular weight excluding hydrogens is 326 g/mol. The van der Waals surface area contributed by atoms with E-state index in [1.807, 2.05) is 34.7 Å². The smallest absolute Gasteiger partial charge is 0.254 e. The summed E-state index contributed by atoms with van der Waals surface area (Å²) in [4.78, 5) is 15.1. The molecule has 1 amide bonds. The molecule has 0 aliphatic carbocycles. The molecule has 5 nitrogen and oxygen atoms in total. The van der Waals surface area contributed by atoms with Crippen molar-refractivity contribution in [2.24, 2.45) is 0 Å². The van der Waals surface area contributed by atoms with Gasteiger partial charge in [0.25, 0.3) is 5.91 Å². The number of amides is 1. The number of benzene rings is 1. The highest BCUT2D eigenvalue weighted by molar-refractivity contribution is 5.96. The number of rotatable bonds is 5. The molecule has 5 heteroatoms. The Morgan fingerprint density at radius 3 is 2.81 bits per heavy atom. The van der Waals surface area contributed by atoms with Crippen LogP contribution in [0.5, 0.6) is 0 Å². The van der Waals surface area contributed by atoms with Crippen molar-refractivity contribution >= 4 is 5.91 Å². The van der Waals surface area contributed by atoms with Gasteiger partial charge in [-0.15, -0.1) is 0 Å². The second-order valence-electron chi connectivity index (χ2n) is 6.96. The first-order valence-electron chi connectivity index (χ1n) is 9.60. The van der Waals surface area contributed by atoms with Gasteiger partial charge in [0, 0.05) is 29.9 Å². The Hall–Kier alpha value is -2.14. The highest BCUT2D eigenvalue weighted by atomic mass is 16.5. The first-order valence-corrected chi connectivity index (χ1v) is 9.60. The minimum absolute atomic E-state index is 0.104. The third kappa shape index (κ3) is 3.54. The molecule has 0 bridgehead atoms. The average molecular weight is 355 g/mol. The normalized spacial score (nSPS) is 17.5. The Balaban J connectivity index is 1.92. The minimum Gasteiger partial charge on any atom is -0.377 e. The van der Waals surface area contributed by atoms with Gasteiger partial charge in [0.1, 0.15) is 0 Å². The van der Waals surface area contributed by atoms with E-state index in [9.17, 15) is 4.79 Å². The SMILES string of the molecule is CCC[C@H]1COCCN1C(=O)c1cccc(-c2c(C)nn(CC)c2C)c1. The fourth-order valence-electron chi connectivity index (χ4n) is 3.89. The Bertz CT molecular complexity index is 780. The number of ether oxygens (including phenoxy) is 1. The number of carbonyl (C=O) groups is 1. The van der Waals surface area contributed by atoms with Gasteiger partial charge in [-0.05, 0) is 44.9 Å². The van der Waals surface area contributed by atoms with Crippen LogP contribution in [0.2, 0.25) is 0 Å². The summed E-state index contributed by atoms with van der Waals surface area (Å²) < 4.78 is 7.60. The topological polar surface area (TPSA) is 47.4 Å². The Morgan fingerprint density at radius 2 is 2.12 bits per heavy atom. The third-order valence-electron chi connectivity index (χ3n) is 5.19. The molecule has 1 aliphatic heterocycles. The van der Waals surface area contributed by atoms with Crippen LogP contribution in [0.1, 0.15) is 48.4 Å². The van der Waals surface area contributed by atoms with Crippen LogP contribution < -0.4 is 0 Å². The first-order chi connectivity index (χ1) is 12.6. The van der Waals surface area contributed by atoms with Crippen molar-refractivity contribution in [2.45, 2.75) is 53.1 Å². The molecule has 0 saturated carbocycles. The maximum Gasteiger partial charge on any atom is 0.254 e. The number of morpholine rings is 1. The number of nitrogens with zero attached hydrogens (tertiary/aromatic N) is 3. The average Bonchev–Trinajstić information content (AvgIpc) is 2.95. The number of carbonyl (C=O) groups excluding carboxylic acids is 1. The number of hydrogen-bond acceptors (Lipinski definition) is 3. The molecule has 1 atom stereocenters. The van der Waals surface area contributed by atoms with Gasteiger partial charge in [0.15, 0.2) is 0 Å². The molecule has 2 aromatic rings. The predicted molar refractivity (Wildman–Crippen MR) is 103 cm³/mol. The van der Waals surface area contributed by atoms with Crippen molar-refractivity contribution in [3.8, 4) is 11.1 Å². The van der Waals surface area contributed by atoms with Crippen LogP contribution in [0.4, 0.5) is 0 Å². The number of aromatic nitrogens is 2. The lowest BCUT2D eigenvalue weighted by Gasteiger charge is -2.35. The Kier molecular flexibility index (Phi) is 5.77. The molecule has 2 heterocycles. The fraction of sp³-hybridized carbons (Fsp3) is 0.524. The number of aryl methyl sites for hydroxylation is 2. The van der Waals surface area contributed by atoms with Crippen LogP contribution in [0.3, 0.4) is 0 Å². The monoisotopic (exact) mass is 355 g/mol. The molecule has 1 fully saturated rings. The van der Waals surface area contributed by atoms with Gasteiger partial charge >= 0.3 is 0 Å². The molecule has 1 aliphatic rings. The van der Waals surface area contributed by atoms with E-state index in [0.717, 1.165) is 47.5 Å². The van der Waals surface area contributed by atoms with E-state index in [4.69, 9.17) is 4.74 Å². The summed E-state index contributed by atoms with van der Waals surface area (Å²) >= 11 is 0. The summed E-state index contributed by atoms with van der Waals surface area (Å²) in [5.41, 5.74) is 5.09. The van der Waals surface area contributed by atoms with Gasteiger partial charge in [0.2, 0.25) is 0 Å². The summed E-state index contributed by atoms with van der Waals surface area (Å²) in [6, 6.07) is 8.14. The quantitative estimate of drug-likeness (QED) is 0.819. The summed E-state index contributed by atoms with van der Waals surface area (Å²) in [5, 5.41) is 4.61. The van der Waals surface area contributed by atoms with Gasteiger partial charge in [0.05, 0.1) is 24.9 Å². The van der Waals surface area contributed by atoms with Crippen molar-refractivity contribution in [3.05, 3.63) is 41.2 Å². The maximum atomic E-state index is 13.1. The summed E-state index contributed by atoms with van der Waals surface area (Å²) in [7, 11) is 0. The van der Waals surface area contributed by atoms with Crippen molar-refractivity contribution in [1.29, 1.82) is 0 Å². The van der Waals surface area contributed by atoms with E-state index in [-0.39, 0.29) is 11.9 Å².